The summed E-state index contributed by atoms with van der Waals surface area (Å²) >= 11 is 7.52. The maximum Gasteiger partial charge on any atom is 0.0260 e. The largest absolute Gasteiger partial charge is 0.0622 e. The van der Waals surface area contributed by atoms with Crippen LogP contribution in [0.1, 0.15) is 22.3 Å². The van der Waals surface area contributed by atoms with Crippen LogP contribution in [-0.2, 0) is 0 Å². The van der Waals surface area contributed by atoms with Crippen molar-refractivity contribution < 1.29 is 0 Å². The highest BCUT2D eigenvalue weighted by Crippen LogP contribution is 2.33. The molecule has 0 atom stereocenters. The van der Waals surface area contributed by atoms with Gasteiger partial charge < -0.3 is 0 Å². The molecule has 0 amide bonds. The summed E-state index contributed by atoms with van der Waals surface area (Å²) in [6.45, 7) is 0. The molecule has 0 aliphatic rings. The summed E-state index contributed by atoms with van der Waals surface area (Å²) in [7, 11) is 0. The fourth-order valence-electron chi connectivity index (χ4n) is 3.12. The number of halogens is 2. The van der Waals surface area contributed by atoms with Crippen LogP contribution in [0, 0.1) is 0 Å². The van der Waals surface area contributed by atoms with Crippen LogP contribution in [0.4, 0.5) is 0 Å². The second kappa shape index (κ2) is 8.72. The third kappa shape index (κ3) is 4.52. The molecule has 0 aromatic heterocycles. The van der Waals surface area contributed by atoms with E-state index in [1.807, 2.05) is 12.1 Å². The fourth-order valence-corrected chi connectivity index (χ4v) is 4.31. The second-order valence-electron chi connectivity index (χ2n) is 6.59. The molecule has 4 aromatic carbocycles. The Morgan fingerprint density at radius 3 is 1.18 bits per heavy atom. The molecule has 0 nitrogen and oxygen atoms in total. The number of hydrogen-bond donors (Lipinski definition) is 0. The highest BCUT2D eigenvalue weighted by Gasteiger charge is 2.06. The Labute approximate surface area is 182 Å². The molecule has 0 fully saturated rings. The monoisotopic (exact) mass is 488 g/mol. The normalized spacial score (nSPS) is 11.6. The van der Waals surface area contributed by atoms with E-state index in [2.05, 4.69) is 129 Å². The summed E-state index contributed by atoms with van der Waals surface area (Å²) in [4.78, 5) is 0. The van der Waals surface area contributed by atoms with Crippen molar-refractivity contribution in [2.24, 2.45) is 0 Å². The Kier molecular flexibility index (Phi) is 5.90. The first kappa shape index (κ1) is 18.9. The zero-order valence-electron chi connectivity index (χ0n) is 15.1. The topological polar surface area (TPSA) is 0 Å². The summed E-state index contributed by atoms with van der Waals surface area (Å²) < 4.78 is 2.18. The van der Waals surface area contributed by atoms with Crippen molar-refractivity contribution in [2.45, 2.75) is 0 Å². The van der Waals surface area contributed by atoms with E-state index in [1.165, 1.54) is 21.9 Å². The van der Waals surface area contributed by atoms with Crippen LogP contribution in [-0.4, -0.2) is 0 Å². The minimum atomic E-state index is 1.09. The van der Waals surface area contributed by atoms with Crippen LogP contribution >= 0.6 is 31.9 Å². The van der Waals surface area contributed by atoms with Crippen molar-refractivity contribution in [3.8, 4) is 0 Å². The molecule has 4 aromatic rings. The minimum Gasteiger partial charge on any atom is -0.0622 e. The molecule has 0 N–H and O–H groups in total. The van der Waals surface area contributed by atoms with E-state index in [-0.39, 0.29) is 0 Å². The third-order valence-corrected chi connectivity index (χ3v) is 5.86. The standard InChI is InChI=1S/C26H18Br2/c27-25-17-21(13-11-19-7-3-1-4-8-19)15-23-24(25)16-22(18-26(23)28)14-12-20-9-5-2-6-10-20/h1-18H/b13-11+,14-12+. The SMILES string of the molecule is Brc1cc(/C=C/c2ccccc2)cc2c(Br)cc(/C=C/c3ccccc3)cc12. The molecule has 0 bridgehead atoms. The first-order chi connectivity index (χ1) is 13.7. The molecule has 2 heteroatoms. The highest BCUT2D eigenvalue weighted by atomic mass is 79.9. The van der Waals surface area contributed by atoms with E-state index < -0.39 is 0 Å². The Balaban J connectivity index is 1.68. The minimum absolute atomic E-state index is 1.09. The van der Waals surface area contributed by atoms with Gasteiger partial charge in [-0.3, -0.25) is 0 Å². The molecule has 0 spiro atoms. The Bertz CT molecular complexity index is 1060. The van der Waals surface area contributed by atoms with Gasteiger partial charge in [0.15, 0.2) is 0 Å². The molecule has 28 heavy (non-hydrogen) atoms. The van der Waals surface area contributed by atoms with E-state index >= 15 is 0 Å². The lowest BCUT2D eigenvalue weighted by atomic mass is 10.0. The fraction of sp³-hybridized carbons (Fsp3) is 0. The molecular weight excluding hydrogens is 472 g/mol. The molecule has 0 aliphatic carbocycles. The van der Waals surface area contributed by atoms with Gasteiger partial charge >= 0.3 is 0 Å². The van der Waals surface area contributed by atoms with Gasteiger partial charge in [-0.25, -0.2) is 0 Å². The van der Waals surface area contributed by atoms with Gasteiger partial charge in [-0.1, -0.05) is 117 Å². The third-order valence-electron chi connectivity index (χ3n) is 4.55. The lowest BCUT2D eigenvalue weighted by Gasteiger charge is -2.08. The van der Waals surface area contributed by atoms with E-state index in [0.717, 1.165) is 20.1 Å². The molecular formula is C26H18Br2. The molecule has 0 aliphatic heterocycles. The molecule has 4 rings (SSSR count). The highest BCUT2D eigenvalue weighted by molar-refractivity contribution is 9.11. The van der Waals surface area contributed by atoms with Crippen molar-refractivity contribution in [1.29, 1.82) is 0 Å². The predicted octanol–water partition coefficient (Wildman–Crippen LogP) is 8.71. The van der Waals surface area contributed by atoms with Crippen LogP contribution in [0.2, 0.25) is 0 Å². The van der Waals surface area contributed by atoms with E-state index in [9.17, 15) is 0 Å². The van der Waals surface area contributed by atoms with Crippen LogP contribution in [0.3, 0.4) is 0 Å². The van der Waals surface area contributed by atoms with Crippen LogP contribution in [0.5, 0.6) is 0 Å². The van der Waals surface area contributed by atoms with Crippen molar-refractivity contribution >= 4 is 66.9 Å². The first-order valence-corrected chi connectivity index (χ1v) is 10.7. The van der Waals surface area contributed by atoms with E-state index in [0.29, 0.717) is 0 Å². The number of benzene rings is 4. The average Bonchev–Trinajstić information content (AvgIpc) is 2.73. The number of hydrogen-bond acceptors (Lipinski definition) is 0. The Morgan fingerprint density at radius 2 is 0.786 bits per heavy atom. The molecule has 0 radical (unpaired) electrons. The van der Waals surface area contributed by atoms with E-state index in [4.69, 9.17) is 0 Å². The summed E-state index contributed by atoms with van der Waals surface area (Å²) in [5.41, 5.74) is 4.71. The lowest BCUT2D eigenvalue weighted by Crippen LogP contribution is -1.83. The Morgan fingerprint density at radius 1 is 0.429 bits per heavy atom. The maximum absolute atomic E-state index is 3.76. The van der Waals surface area contributed by atoms with Gasteiger partial charge in [-0.15, -0.1) is 0 Å². The molecule has 0 saturated heterocycles. The van der Waals surface area contributed by atoms with Gasteiger partial charge in [0.05, 0.1) is 0 Å². The average molecular weight is 490 g/mol. The van der Waals surface area contributed by atoms with E-state index in [1.54, 1.807) is 0 Å². The number of rotatable bonds is 4. The first-order valence-electron chi connectivity index (χ1n) is 9.08. The zero-order valence-corrected chi connectivity index (χ0v) is 18.3. The molecule has 136 valence electrons. The predicted molar refractivity (Wildman–Crippen MR) is 130 cm³/mol. The van der Waals surface area contributed by atoms with Crippen molar-refractivity contribution in [1.82, 2.24) is 0 Å². The van der Waals surface area contributed by atoms with Gasteiger partial charge in [-0.05, 0) is 57.3 Å². The maximum atomic E-state index is 3.76. The van der Waals surface area contributed by atoms with Crippen LogP contribution in [0.25, 0.3) is 35.1 Å². The summed E-state index contributed by atoms with van der Waals surface area (Å²) in [6, 6.07) is 29.5. The summed E-state index contributed by atoms with van der Waals surface area (Å²) in [6.07, 6.45) is 8.57. The molecule has 0 unspecified atom stereocenters. The summed E-state index contributed by atoms with van der Waals surface area (Å²) in [5.74, 6) is 0. The van der Waals surface area contributed by atoms with Crippen LogP contribution < -0.4 is 0 Å². The molecule has 0 heterocycles. The second-order valence-corrected chi connectivity index (χ2v) is 8.30. The van der Waals surface area contributed by atoms with Crippen molar-refractivity contribution in [2.75, 3.05) is 0 Å². The Hall–Kier alpha value is -2.42. The van der Waals surface area contributed by atoms with Crippen LogP contribution in [0.15, 0.2) is 93.9 Å². The van der Waals surface area contributed by atoms with Crippen molar-refractivity contribution in [3.63, 3.8) is 0 Å². The van der Waals surface area contributed by atoms with Gasteiger partial charge in [0.2, 0.25) is 0 Å². The van der Waals surface area contributed by atoms with Gasteiger partial charge in [0, 0.05) is 8.95 Å². The van der Waals surface area contributed by atoms with Crippen molar-refractivity contribution in [3.05, 3.63) is 116 Å². The zero-order chi connectivity index (χ0) is 19.3. The van der Waals surface area contributed by atoms with Gasteiger partial charge in [-0.2, -0.15) is 0 Å². The molecule has 0 saturated carbocycles. The quantitative estimate of drug-likeness (QED) is 0.251. The smallest absolute Gasteiger partial charge is 0.0260 e. The summed E-state index contributed by atoms with van der Waals surface area (Å²) in [5, 5.41) is 2.39. The lowest BCUT2D eigenvalue weighted by molar-refractivity contribution is 1.62. The van der Waals surface area contributed by atoms with Gasteiger partial charge in [0.25, 0.3) is 0 Å². The number of fused-ring (bicyclic) bond motifs is 1. The van der Waals surface area contributed by atoms with Gasteiger partial charge in [0.1, 0.15) is 0 Å².